The Morgan fingerprint density at radius 1 is 1.29 bits per heavy atom. The topological polar surface area (TPSA) is 73.6 Å². The maximum atomic E-state index is 11.1. The van der Waals surface area contributed by atoms with E-state index in [4.69, 9.17) is 9.47 Å². The van der Waals surface area contributed by atoms with Crippen LogP contribution < -0.4 is 10.1 Å². The van der Waals surface area contributed by atoms with Gasteiger partial charge in [0.25, 0.3) is 0 Å². The van der Waals surface area contributed by atoms with Crippen LogP contribution in [0.4, 0.5) is 5.69 Å². The van der Waals surface area contributed by atoms with E-state index in [9.17, 15) is 10.1 Å². The zero-order valence-corrected chi connectivity index (χ0v) is 12.8. The first-order valence-electron chi connectivity index (χ1n) is 7.37. The highest BCUT2D eigenvalue weighted by Gasteiger charge is 2.15. The molecule has 0 aromatic heterocycles. The molecule has 0 bridgehead atoms. The Balaban J connectivity index is 2.59. The number of nitro benzene ring substituents is 1. The molecule has 118 valence electrons. The zero-order valence-electron chi connectivity index (χ0n) is 12.8. The first-order valence-corrected chi connectivity index (χ1v) is 7.37. The van der Waals surface area contributed by atoms with Crippen molar-refractivity contribution in [2.45, 2.75) is 33.2 Å². The van der Waals surface area contributed by atoms with E-state index in [1.807, 2.05) is 13.0 Å². The maximum Gasteiger partial charge on any atom is 0.311 e. The van der Waals surface area contributed by atoms with E-state index in [1.165, 1.54) is 0 Å². The summed E-state index contributed by atoms with van der Waals surface area (Å²) in [5.41, 5.74) is 0.902. The Labute approximate surface area is 125 Å². The third kappa shape index (κ3) is 6.55. The monoisotopic (exact) mass is 296 g/mol. The Bertz CT molecular complexity index is 438. The van der Waals surface area contributed by atoms with Crippen LogP contribution in [0.15, 0.2) is 18.2 Å². The molecule has 0 aliphatic heterocycles. The average Bonchev–Trinajstić information content (AvgIpc) is 2.48. The van der Waals surface area contributed by atoms with E-state index >= 15 is 0 Å². The minimum atomic E-state index is -0.402. The SMILES string of the molecule is CCCNCc1ccc(OCCCOCC)c([N+](=O)[O-])c1. The van der Waals surface area contributed by atoms with E-state index in [0.29, 0.717) is 38.5 Å². The molecule has 0 heterocycles. The lowest BCUT2D eigenvalue weighted by molar-refractivity contribution is -0.385. The third-order valence-corrected chi connectivity index (χ3v) is 2.87. The van der Waals surface area contributed by atoms with Crippen LogP contribution in [0.25, 0.3) is 0 Å². The fraction of sp³-hybridized carbons (Fsp3) is 0.600. The van der Waals surface area contributed by atoms with Crippen molar-refractivity contribution < 1.29 is 14.4 Å². The Morgan fingerprint density at radius 2 is 2.10 bits per heavy atom. The number of nitrogens with one attached hydrogen (secondary N) is 1. The van der Waals surface area contributed by atoms with Crippen LogP contribution in [0.2, 0.25) is 0 Å². The first kappa shape index (κ1) is 17.4. The van der Waals surface area contributed by atoms with Gasteiger partial charge < -0.3 is 14.8 Å². The van der Waals surface area contributed by atoms with Gasteiger partial charge in [0.15, 0.2) is 5.75 Å². The van der Waals surface area contributed by atoms with Gasteiger partial charge in [-0.3, -0.25) is 10.1 Å². The van der Waals surface area contributed by atoms with Crippen molar-refractivity contribution >= 4 is 5.69 Å². The van der Waals surface area contributed by atoms with Gasteiger partial charge in [0.05, 0.1) is 11.5 Å². The molecular formula is C15H24N2O4. The van der Waals surface area contributed by atoms with Crippen molar-refractivity contribution in [1.82, 2.24) is 5.32 Å². The van der Waals surface area contributed by atoms with Gasteiger partial charge in [-0.05, 0) is 31.5 Å². The molecule has 1 aromatic carbocycles. The molecule has 0 radical (unpaired) electrons. The molecule has 21 heavy (non-hydrogen) atoms. The van der Waals surface area contributed by atoms with Gasteiger partial charge in [-0.15, -0.1) is 0 Å². The van der Waals surface area contributed by atoms with Crippen molar-refractivity contribution in [1.29, 1.82) is 0 Å². The van der Waals surface area contributed by atoms with Crippen molar-refractivity contribution in [3.63, 3.8) is 0 Å². The van der Waals surface area contributed by atoms with Crippen LogP contribution >= 0.6 is 0 Å². The maximum absolute atomic E-state index is 11.1. The molecule has 0 aliphatic carbocycles. The summed E-state index contributed by atoms with van der Waals surface area (Å²) < 4.78 is 10.7. The molecule has 0 aliphatic rings. The summed E-state index contributed by atoms with van der Waals surface area (Å²) in [6.07, 6.45) is 1.74. The second-order valence-electron chi connectivity index (χ2n) is 4.63. The Morgan fingerprint density at radius 3 is 2.76 bits per heavy atom. The number of nitrogens with zero attached hydrogens (tertiary/aromatic N) is 1. The second-order valence-corrected chi connectivity index (χ2v) is 4.63. The summed E-state index contributed by atoms with van der Waals surface area (Å²) in [4.78, 5) is 10.7. The molecule has 0 amide bonds. The normalized spacial score (nSPS) is 10.6. The van der Waals surface area contributed by atoms with Crippen LogP contribution in [-0.2, 0) is 11.3 Å². The van der Waals surface area contributed by atoms with E-state index in [-0.39, 0.29) is 5.69 Å². The van der Waals surface area contributed by atoms with E-state index in [1.54, 1.807) is 12.1 Å². The summed E-state index contributed by atoms with van der Waals surface area (Å²) in [5.74, 6) is 0.315. The summed E-state index contributed by atoms with van der Waals surface area (Å²) in [6, 6.07) is 5.09. The smallest absolute Gasteiger partial charge is 0.311 e. The minimum Gasteiger partial charge on any atom is -0.487 e. The van der Waals surface area contributed by atoms with Crippen LogP contribution in [-0.4, -0.2) is 31.3 Å². The van der Waals surface area contributed by atoms with Gasteiger partial charge in [-0.1, -0.05) is 13.0 Å². The molecule has 1 rings (SSSR count). The van der Waals surface area contributed by atoms with Gasteiger partial charge in [0.1, 0.15) is 0 Å². The number of ether oxygens (including phenoxy) is 2. The number of benzene rings is 1. The summed E-state index contributed by atoms with van der Waals surface area (Å²) >= 11 is 0. The number of nitro groups is 1. The fourth-order valence-electron chi connectivity index (χ4n) is 1.83. The molecule has 0 fully saturated rings. The molecule has 6 nitrogen and oxygen atoms in total. The van der Waals surface area contributed by atoms with Gasteiger partial charge in [-0.25, -0.2) is 0 Å². The summed E-state index contributed by atoms with van der Waals surface area (Å²) in [5, 5.41) is 14.3. The van der Waals surface area contributed by atoms with E-state index in [2.05, 4.69) is 12.2 Å². The first-order chi connectivity index (χ1) is 10.2. The number of hydrogen-bond donors (Lipinski definition) is 1. The standard InChI is InChI=1S/C15H24N2O4/c1-3-8-16-12-13-6-7-15(14(11-13)17(18)19)21-10-5-9-20-4-2/h6-7,11,16H,3-5,8-10,12H2,1-2H3. The summed E-state index contributed by atoms with van der Waals surface area (Å²) in [6.45, 7) is 7.20. The van der Waals surface area contributed by atoms with Crippen LogP contribution in [0.5, 0.6) is 5.75 Å². The Kier molecular flexibility index (Phi) is 8.38. The van der Waals surface area contributed by atoms with Crippen molar-refractivity contribution in [2.24, 2.45) is 0 Å². The number of rotatable bonds is 11. The lowest BCUT2D eigenvalue weighted by atomic mass is 10.2. The predicted octanol–water partition coefficient (Wildman–Crippen LogP) is 2.90. The highest BCUT2D eigenvalue weighted by molar-refractivity contribution is 5.48. The molecule has 0 unspecified atom stereocenters. The molecular weight excluding hydrogens is 272 g/mol. The molecule has 0 saturated heterocycles. The predicted molar refractivity (Wildman–Crippen MR) is 81.7 cm³/mol. The average molecular weight is 296 g/mol. The third-order valence-electron chi connectivity index (χ3n) is 2.87. The van der Waals surface area contributed by atoms with Crippen molar-refractivity contribution in [3.05, 3.63) is 33.9 Å². The molecule has 6 heteroatoms. The van der Waals surface area contributed by atoms with Crippen molar-refractivity contribution in [2.75, 3.05) is 26.4 Å². The molecule has 0 atom stereocenters. The van der Waals surface area contributed by atoms with Gasteiger partial charge in [0.2, 0.25) is 0 Å². The Hall–Kier alpha value is -1.66. The van der Waals surface area contributed by atoms with Crippen LogP contribution in [0.3, 0.4) is 0 Å². The van der Waals surface area contributed by atoms with Crippen LogP contribution in [0.1, 0.15) is 32.3 Å². The number of hydrogen-bond acceptors (Lipinski definition) is 5. The molecule has 0 spiro atoms. The lowest BCUT2D eigenvalue weighted by Gasteiger charge is -2.09. The second kappa shape index (κ2) is 10.1. The molecule has 0 saturated carbocycles. The summed E-state index contributed by atoms with van der Waals surface area (Å²) in [7, 11) is 0. The lowest BCUT2D eigenvalue weighted by Crippen LogP contribution is -2.14. The zero-order chi connectivity index (χ0) is 15.5. The fourth-order valence-corrected chi connectivity index (χ4v) is 1.83. The van der Waals surface area contributed by atoms with Crippen LogP contribution in [0, 0.1) is 10.1 Å². The van der Waals surface area contributed by atoms with E-state index < -0.39 is 4.92 Å². The van der Waals surface area contributed by atoms with Gasteiger partial charge in [-0.2, -0.15) is 0 Å². The van der Waals surface area contributed by atoms with Gasteiger partial charge >= 0.3 is 5.69 Å². The largest absolute Gasteiger partial charge is 0.487 e. The molecule has 1 aromatic rings. The quantitative estimate of drug-likeness (QED) is 0.386. The van der Waals surface area contributed by atoms with E-state index in [0.717, 1.165) is 18.5 Å². The highest BCUT2D eigenvalue weighted by Crippen LogP contribution is 2.28. The van der Waals surface area contributed by atoms with Crippen molar-refractivity contribution in [3.8, 4) is 5.75 Å². The highest BCUT2D eigenvalue weighted by atomic mass is 16.6. The molecule has 1 N–H and O–H groups in total. The van der Waals surface area contributed by atoms with Gasteiger partial charge in [0, 0.05) is 32.2 Å². The minimum absolute atomic E-state index is 0.0159.